The van der Waals surface area contributed by atoms with Gasteiger partial charge in [-0.1, -0.05) is 0 Å². The summed E-state index contributed by atoms with van der Waals surface area (Å²) in [5.74, 6) is 0.152. The number of benzene rings is 1. The molecule has 0 radical (unpaired) electrons. The van der Waals surface area contributed by atoms with Crippen LogP contribution in [0.1, 0.15) is 16.8 Å². The van der Waals surface area contributed by atoms with Gasteiger partial charge >= 0.3 is 5.97 Å². The minimum atomic E-state index is -0.387. The molecule has 1 rings (SSSR count). The van der Waals surface area contributed by atoms with Crippen LogP contribution in [0.5, 0.6) is 5.75 Å². The van der Waals surface area contributed by atoms with Crippen molar-refractivity contribution in [3.8, 4) is 5.75 Å². The van der Waals surface area contributed by atoms with Crippen LogP contribution in [-0.4, -0.2) is 32.6 Å². The Balaban J connectivity index is 2.46. The van der Waals surface area contributed by atoms with Crippen LogP contribution in [0.2, 0.25) is 0 Å². The molecule has 0 aliphatic carbocycles. The highest BCUT2D eigenvalue weighted by Gasteiger charge is 2.05. The third-order valence-electron chi connectivity index (χ3n) is 2.15. The van der Waals surface area contributed by atoms with Gasteiger partial charge in [0.25, 0.3) is 0 Å². The Labute approximate surface area is 99.7 Å². The smallest absolute Gasteiger partial charge is 0.337 e. The van der Waals surface area contributed by atoms with E-state index in [0.717, 1.165) is 0 Å². The zero-order chi connectivity index (χ0) is 12.7. The zero-order valence-electron chi connectivity index (χ0n) is 9.86. The summed E-state index contributed by atoms with van der Waals surface area (Å²) in [6, 6.07) is 6.55. The van der Waals surface area contributed by atoms with E-state index < -0.39 is 0 Å². The van der Waals surface area contributed by atoms with Crippen molar-refractivity contribution in [3.05, 3.63) is 29.8 Å². The maximum Gasteiger partial charge on any atom is 0.337 e. The third-order valence-corrected chi connectivity index (χ3v) is 2.15. The Morgan fingerprint density at radius 3 is 2.41 bits per heavy atom. The number of hydrogen-bond acceptors (Lipinski definition) is 4. The van der Waals surface area contributed by atoms with Crippen LogP contribution in [0.4, 0.5) is 0 Å². The Morgan fingerprint density at radius 2 is 1.88 bits per heavy atom. The Bertz CT molecular complexity index is 386. The Kier molecular flexibility index (Phi) is 5.00. The SMILES string of the molecule is CNC(=O)CCOc1ccc(C(=O)OC)cc1. The summed E-state index contributed by atoms with van der Waals surface area (Å²) in [4.78, 5) is 22.1. The fourth-order valence-corrected chi connectivity index (χ4v) is 1.19. The van der Waals surface area contributed by atoms with Crippen molar-refractivity contribution in [3.63, 3.8) is 0 Å². The van der Waals surface area contributed by atoms with Gasteiger partial charge in [-0.05, 0) is 24.3 Å². The van der Waals surface area contributed by atoms with E-state index in [2.05, 4.69) is 10.1 Å². The van der Waals surface area contributed by atoms with Gasteiger partial charge in [-0.2, -0.15) is 0 Å². The van der Waals surface area contributed by atoms with Crippen LogP contribution < -0.4 is 10.1 Å². The highest BCUT2D eigenvalue weighted by molar-refractivity contribution is 5.89. The summed E-state index contributed by atoms with van der Waals surface area (Å²) in [6.07, 6.45) is 0.301. The molecule has 1 amide bonds. The lowest BCUT2D eigenvalue weighted by molar-refractivity contribution is -0.121. The minimum absolute atomic E-state index is 0.0730. The predicted octanol–water partition coefficient (Wildman–Crippen LogP) is 0.988. The number of methoxy groups -OCH3 is 1. The molecule has 0 fully saturated rings. The number of ether oxygens (including phenoxy) is 2. The molecule has 0 atom stereocenters. The average molecular weight is 237 g/mol. The van der Waals surface area contributed by atoms with Gasteiger partial charge in [0, 0.05) is 7.05 Å². The second-order valence-electron chi connectivity index (χ2n) is 3.29. The number of nitrogens with one attached hydrogen (secondary N) is 1. The van der Waals surface area contributed by atoms with Crippen molar-refractivity contribution in [2.45, 2.75) is 6.42 Å². The summed E-state index contributed by atoms with van der Waals surface area (Å²) in [5.41, 5.74) is 0.464. The van der Waals surface area contributed by atoms with Gasteiger partial charge in [-0.3, -0.25) is 4.79 Å². The van der Waals surface area contributed by atoms with Gasteiger partial charge in [0.2, 0.25) is 5.91 Å². The Hall–Kier alpha value is -2.04. The van der Waals surface area contributed by atoms with Gasteiger partial charge in [0.1, 0.15) is 5.75 Å². The van der Waals surface area contributed by atoms with E-state index in [-0.39, 0.29) is 11.9 Å². The van der Waals surface area contributed by atoms with E-state index in [9.17, 15) is 9.59 Å². The van der Waals surface area contributed by atoms with E-state index in [1.807, 2.05) is 0 Å². The first-order valence-electron chi connectivity index (χ1n) is 5.19. The molecule has 1 N–H and O–H groups in total. The first-order chi connectivity index (χ1) is 8.17. The van der Waals surface area contributed by atoms with Crippen LogP contribution >= 0.6 is 0 Å². The zero-order valence-corrected chi connectivity index (χ0v) is 9.86. The first-order valence-corrected chi connectivity index (χ1v) is 5.19. The first kappa shape index (κ1) is 13.0. The average Bonchev–Trinajstić information content (AvgIpc) is 2.38. The van der Waals surface area contributed by atoms with Gasteiger partial charge in [-0.15, -0.1) is 0 Å². The van der Waals surface area contributed by atoms with Gasteiger partial charge in [0.15, 0.2) is 0 Å². The maximum absolute atomic E-state index is 11.2. The van der Waals surface area contributed by atoms with E-state index in [1.165, 1.54) is 7.11 Å². The highest BCUT2D eigenvalue weighted by atomic mass is 16.5. The molecule has 92 valence electrons. The molecule has 0 aromatic heterocycles. The van der Waals surface area contributed by atoms with Crippen molar-refractivity contribution in [2.75, 3.05) is 20.8 Å². The summed E-state index contributed by atoms with van der Waals surface area (Å²) < 4.78 is 9.90. The third kappa shape index (κ3) is 4.14. The van der Waals surface area contributed by atoms with Crippen LogP contribution in [0.25, 0.3) is 0 Å². The molecule has 5 heteroatoms. The van der Waals surface area contributed by atoms with E-state index in [0.29, 0.717) is 24.3 Å². The molecule has 0 bridgehead atoms. The molecule has 0 saturated carbocycles. The summed E-state index contributed by atoms with van der Waals surface area (Å²) in [7, 11) is 2.91. The molecule has 0 aliphatic heterocycles. The van der Waals surface area contributed by atoms with Gasteiger partial charge < -0.3 is 14.8 Å². The quantitative estimate of drug-likeness (QED) is 0.775. The molecule has 0 spiro atoms. The van der Waals surface area contributed by atoms with Crippen LogP contribution in [0.15, 0.2) is 24.3 Å². The number of esters is 1. The minimum Gasteiger partial charge on any atom is -0.493 e. The second kappa shape index (κ2) is 6.52. The molecule has 0 unspecified atom stereocenters. The monoisotopic (exact) mass is 237 g/mol. The largest absolute Gasteiger partial charge is 0.493 e. The number of hydrogen-bond donors (Lipinski definition) is 1. The lowest BCUT2D eigenvalue weighted by Crippen LogP contribution is -2.20. The number of carbonyl (C=O) groups is 2. The van der Waals surface area contributed by atoms with E-state index >= 15 is 0 Å². The molecule has 1 aromatic carbocycles. The van der Waals surface area contributed by atoms with E-state index in [4.69, 9.17) is 4.74 Å². The van der Waals surface area contributed by atoms with Crippen molar-refractivity contribution < 1.29 is 19.1 Å². The van der Waals surface area contributed by atoms with Crippen LogP contribution in [0.3, 0.4) is 0 Å². The van der Waals surface area contributed by atoms with Crippen LogP contribution in [-0.2, 0) is 9.53 Å². The number of carbonyl (C=O) groups excluding carboxylic acids is 2. The van der Waals surface area contributed by atoms with Crippen LogP contribution in [0, 0.1) is 0 Å². The molecular weight excluding hydrogens is 222 g/mol. The lowest BCUT2D eigenvalue weighted by Gasteiger charge is -2.06. The standard InChI is InChI=1S/C12H15NO4/c1-13-11(14)7-8-17-10-5-3-9(4-6-10)12(15)16-2/h3-6H,7-8H2,1-2H3,(H,13,14). The van der Waals surface area contributed by atoms with E-state index in [1.54, 1.807) is 31.3 Å². The topological polar surface area (TPSA) is 64.6 Å². The highest BCUT2D eigenvalue weighted by Crippen LogP contribution is 2.12. The van der Waals surface area contributed by atoms with Gasteiger partial charge in [-0.25, -0.2) is 4.79 Å². The molecule has 5 nitrogen and oxygen atoms in total. The number of amides is 1. The van der Waals surface area contributed by atoms with Gasteiger partial charge in [0.05, 0.1) is 25.7 Å². The maximum atomic E-state index is 11.2. The van der Waals surface area contributed by atoms with Crippen molar-refractivity contribution in [1.29, 1.82) is 0 Å². The fraction of sp³-hybridized carbons (Fsp3) is 0.333. The van der Waals surface area contributed by atoms with Crippen molar-refractivity contribution >= 4 is 11.9 Å². The summed E-state index contributed by atoms with van der Waals surface area (Å²) in [6.45, 7) is 0.303. The predicted molar refractivity (Wildman–Crippen MR) is 62.0 cm³/mol. The molecule has 0 aliphatic rings. The summed E-state index contributed by atoms with van der Waals surface area (Å²) >= 11 is 0. The second-order valence-corrected chi connectivity index (χ2v) is 3.29. The van der Waals surface area contributed by atoms with Crippen molar-refractivity contribution in [2.24, 2.45) is 0 Å². The molecule has 1 aromatic rings. The molecule has 17 heavy (non-hydrogen) atoms. The number of rotatable bonds is 5. The normalized spacial score (nSPS) is 9.53. The lowest BCUT2D eigenvalue weighted by atomic mass is 10.2. The van der Waals surface area contributed by atoms with Crippen molar-refractivity contribution in [1.82, 2.24) is 5.32 Å². The fourth-order valence-electron chi connectivity index (χ4n) is 1.19. The molecular formula is C12H15NO4. The molecule has 0 saturated heterocycles. The summed E-state index contributed by atoms with van der Waals surface area (Å²) in [5, 5.41) is 2.50. The molecule has 0 heterocycles. The Morgan fingerprint density at radius 1 is 1.24 bits per heavy atom.